The number of piperidine rings is 1. The lowest BCUT2D eigenvalue weighted by Crippen LogP contribution is -2.43. The quantitative estimate of drug-likeness (QED) is 0.790. The summed E-state index contributed by atoms with van der Waals surface area (Å²) < 4.78 is 39.9. The molecule has 1 saturated heterocycles. The minimum atomic E-state index is -3.80. The average Bonchev–Trinajstić information content (AvgIpc) is 2.65. The van der Waals surface area contributed by atoms with E-state index in [1.807, 2.05) is 0 Å². The number of carbonyl (C=O) groups excluding carboxylic acids is 1. The fourth-order valence-corrected chi connectivity index (χ4v) is 4.99. The van der Waals surface area contributed by atoms with Crippen molar-refractivity contribution in [3.63, 3.8) is 0 Å². The van der Waals surface area contributed by atoms with Crippen molar-refractivity contribution in [2.24, 2.45) is 5.92 Å². The summed E-state index contributed by atoms with van der Waals surface area (Å²) in [4.78, 5) is 12.6. The van der Waals surface area contributed by atoms with Crippen LogP contribution in [0.5, 0.6) is 0 Å². The van der Waals surface area contributed by atoms with Gasteiger partial charge in [-0.25, -0.2) is 12.8 Å². The first-order chi connectivity index (χ1) is 12.8. The number of amides is 1. The van der Waals surface area contributed by atoms with E-state index in [0.29, 0.717) is 35.1 Å². The van der Waals surface area contributed by atoms with Gasteiger partial charge in [0, 0.05) is 13.1 Å². The summed E-state index contributed by atoms with van der Waals surface area (Å²) in [5.74, 6) is -1.40. The Hall–Kier alpha value is -1.67. The summed E-state index contributed by atoms with van der Waals surface area (Å²) in [6.07, 6.45) is 1.08. The molecule has 1 atom stereocenters. The molecule has 1 aliphatic heterocycles. The maximum Gasteiger partial charge on any atom is 0.243 e. The highest BCUT2D eigenvalue weighted by molar-refractivity contribution is 7.89. The van der Waals surface area contributed by atoms with Gasteiger partial charge in [0.15, 0.2) is 0 Å². The lowest BCUT2D eigenvalue weighted by Gasteiger charge is -2.31. The van der Waals surface area contributed by atoms with Gasteiger partial charge in [-0.1, -0.05) is 29.3 Å². The van der Waals surface area contributed by atoms with Crippen LogP contribution < -0.4 is 5.32 Å². The van der Waals surface area contributed by atoms with E-state index in [4.69, 9.17) is 23.2 Å². The Balaban J connectivity index is 1.75. The summed E-state index contributed by atoms with van der Waals surface area (Å²) in [5.41, 5.74) is 0.310. The lowest BCUT2D eigenvalue weighted by molar-refractivity contribution is -0.120. The van der Waals surface area contributed by atoms with E-state index in [-0.39, 0.29) is 17.3 Å². The van der Waals surface area contributed by atoms with Crippen molar-refractivity contribution in [2.45, 2.75) is 17.7 Å². The summed E-state index contributed by atoms with van der Waals surface area (Å²) >= 11 is 12.1. The number of carbonyl (C=O) groups is 1. The first-order valence-corrected chi connectivity index (χ1v) is 10.5. The monoisotopic (exact) mass is 430 g/mol. The van der Waals surface area contributed by atoms with Gasteiger partial charge in [0.25, 0.3) is 0 Å². The second-order valence-corrected chi connectivity index (χ2v) is 8.99. The fraction of sp³-hybridized carbons (Fsp3) is 0.278. The number of sulfonamides is 1. The highest BCUT2D eigenvalue weighted by Gasteiger charge is 2.33. The number of hydrogen-bond acceptors (Lipinski definition) is 3. The smallest absolute Gasteiger partial charge is 0.243 e. The Bertz CT molecular complexity index is 931. The van der Waals surface area contributed by atoms with Gasteiger partial charge in [0.1, 0.15) is 5.82 Å². The van der Waals surface area contributed by atoms with E-state index >= 15 is 0 Å². The van der Waals surface area contributed by atoms with Crippen LogP contribution in [0.1, 0.15) is 12.8 Å². The zero-order valence-corrected chi connectivity index (χ0v) is 16.5. The molecule has 0 unspecified atom stereocenters. The van der Waals surface area contributed by atoms with E-state index in [2.05, 4.69) is 5.32 Å². The second kappa shape index (κ2) is 8.14. The van der Waals surface area contributed by atoms with Gasteiger partial charge >= 0.3 is 0 Å². The van der Waals surface area contributed by atoms with Crippen LogP contribution >= 0.6 is 23.2 Å². The molecule has 27 heavy (non-hydrogen) atoms. The first kappa shape index (κ1) is 20.1. The van der Waals surface area contributed by atoms with Gasteiger partial charge in [0.05, 0.1) is 26.5 Å². The predicted octanol–water partition coefficient (Wildman–Crippen LogP) is 4.17. The normalized spacial score (nSPS) is 18.3. The molecule has 2 aromatic carbocycles. The van der Waals surface area contributed by atoms with Gasteiger partial charge in [-0.15, -0.1) is 0 Å². The van der Waals surface area contributed by atoms with Gasteiger partial charge in [-0.2, -0.15) is 4.31 Å². The fourth-order valence-electron chi connectivity index (χ4n) is 2.97. The number of halogens is 3. The predicted molar refractivity (Wildman–Crippen MR) is 103 cm³/mol. The van der Waals surface area contributed by atoms with E-state index in [1.54, 1.807) is 18.2 Å². The SMILES string of the molecule is O=C(Nc1c(Cl)cccc1Cl)[C@@H]1CCCN(S(=O)(=O)c2ccc(F)cc2)C1. The van der Waals surface area contributed by atoms with E-state index < -0.39 is 21.8 Å². The van der Waals surface area contributed by atoms with E-state index in [0.717, 1.165) is 12.1 Å². The topological polar surface area (TPSA) is 66.5 Å². The minimum Gasteiger partial charge on any atom is -0.323 e. The molecule has 9 heteroatoms. The van der Waals surface area contributed by atoms with Crippen LogP contribution in [-0.4, -0.2) is 31.7 Å². The highest BCUT2D eigenvalue weighted by atomic mass is 35.5. The molecular weight excluding hydrogens is 414 g/mol. The average molecular weight is 431 g/mol. The minimum absolute atomic E-state index is 0.000827. The van der Waals surface area contributed by atoms with E-state index in [9.17, 15) is 17.6 Å². The number of nitrogens with zero attached hydrogens (tertiary/aromatic N) is 1. The lowest BCUT2D eigenvalue weighted by atomic mass is 9.98. The first-order valence-electron chi connectivity index (χ1n) is 8.29. The molecule has 144 valence electrons. The molecule has 1 N–H and O–H groups in total. The summed E-state index contributed by atoms with van der Waals surface area (Å²) in [7, 11) is -3.80. The van der Waals surface area contributed by atoms with E-state index in [1.165, 1.54) is 16.4 Å². The van der Waals surface area contributed by atoms with Gasteiger partial charge < -0.3 is 5.32 Å². The molecule has 0 aromatic heterocycles. The van der Waals surface area contributed by atoms with Crippen molar-refractivity contribution in [3.05, 3.63) is 58.3 Å². The largest absolute Gasteiger partial charge is 0.323 e. The van der Waals surface area contributed by atoms with Crippen LogP contribution in [0.2, 0.25) is 10.0 Å². The highest BCUT2D eigenvalue weighted by Crippen LogP contribution is 2.31. The Morgan fingerprint density at radius 2 is 1.74 bits per heavy atom. The summed E-state index contributed by atoms with van der Waals surface area (Å²) in [6, 6.07) is 9.51. The zero-order chi connectivity index (χ0) is 19.6. The molecule has 1 fully saturated rings. The zero-order valence-electron chi connectivity index (χ0n) is 14.2. The number of rotatable bonds is 4. The Morgan fingerprint density at radius 1 is 1.11 bits per heavy atom. The van der Waals surface area contributed by atoms with Crippen molar-refractivity contribution in [3.8, 4) is 0 Å². The second-order valence-electron chi connectivity index (χ2n) is 6.24. The van der Waals surface area contributed by atoms with Gasteiger partial charge in [-0.05, 0) is 49.2 Å². The Kier molecular flexibility index (Phi) is 6.05. The van der Waals surface area contributed by atoms with Gasteiger partial charge in [-0.3, -0.25) is 4.79 Å². The van der Waals surface area contributed by atoms with Crippen molar-refractivity contribution >= 4 is 44.8 Å². The van der Waals surface area contributed by atoms with Crippen molar-refractivity contribution in [1.29, 1.82) is 0 Å². The Labute approximate surface area is 167 Å². The maximum absolute atomic E-state index is 13.1. The number of hydrogen-bond donors (Lipinski definition) is 1. The number of anilines is 1. The molecule has 3 rings (SSSR count). The number of para-hydroxylation sites is 1. The molecule has 1 heterocycles. The van der Waals surface area contributed by atoms with Crippen LogP contribution in [0.4, 0.5) is 10.1 Å². The molecule has 0 radical (unpaired) electrons. The molecule has 0 spiro atoms. The van der Waals surface area contributed by atoms with Crippen LogP contribution in [0.3, 0.4) is 0 Å². The number of nitrogens with one attached hydrogen (secondary N) is 1. The molecule has 5 nitrogen and oxygen atoms in total. The van der Waals surface area contributed by atoms with Crippen molar-refractivity contribution in [2.75, 3.05) is 18.4 Å². The standard InChI is InChI=1S/C18H17Cl2FN2O3S/c19-15-4-1-5-16(20)17(15)22-18(24)12-3-2-10-23(11-12)27(25,26)14-8-6-13(21)7-9-14/h1,4-9,12H,2-3,10-11H2,(H,22,24)/t12-/m1/s1. The van der Waals surface area contributed by atoms with Gasteiger partial charge in [0.2, 0.25) is 15.9 Å². The third-order valence-electron chi connectivity index (χ3n) is 4.42. The summed E-state index contributed by atoms with van der Waals surface area (Å²) in [5, 5.41) is 3.31. The molecule has 1 aliphatic rings. The van der Waals surface area contributed by atoms with Crippen LogP contribution in [-0.2, 0) is 14.8 Å². The molecule has 1 amide bonds. The molecular formula is C18H17Cl2FN2O3S. The maximum atomic E-state index is 13.1. The van der Waals surface area contributed by atoms with Crippen LogP contribution in [0.25, 0.3) is 0 Å². The third-order valence-corrected chi connectivity index (χ3v) is 6.93. The molecule has 0 saturated carbocycles. The molecule has 0 bridgehead atoms. The van der Waals surface area contributed by atoms with Crippen LogP contribution in [0, 0.1) is 11.7 Å². The number of benzene rings is 2. The van der Waals surface area contributed by atoms with Crippen molar-refractivity contribution in [1.82, 2.24) is 4.31 Å². The molecule has 0 aliphatic carbocycles. The molecule has 2 aromatic rings. The van der Waals surface area contributed by atoms with Crippen LogP contribution in [0.15, 0.2) is 47.4 Å². The third kappa shape index (κ3) is 4.43. The Morgan fingerprint density at radius 3 is 2.37 bits per heavy atom. The summed E-state index contributed by atoms with van der Waals surface area (Å²) in [6.45, 7) is 0.337. The van der Waals surface area contributed by atoms with Crippen molar-refractivity contribution < 1.29 is 17.6 Å².